The first-order chi connectivity index (χ1) is 9.49. The molecule has 0 aliphatic rings. The fraction of sp³-hybridized carbons (Fsp3) is 0.286. The number of carbonyl (C=O) groups is 2. The quantitative estimate of drug-likeness (QED) is 0.551. The van der Waals surface area contributed by atoms with E-state index in [1.54, 1.807) is 6.08 Å². The monoisotopic (exact) mass is 278 g/mol. The number of nitrogens with zero attached hydrogens (tertiary/aromatic N) is 1. The maximum atomic E-state index is 12.0. The number of carboxylic acid groups (broad SMARTS) is 1. The van der Waals surface area contributed by atoms with Gasteiger partial charge in [-0.15, -0.1) is 6.58 Å². The summed E-state index contributed by atoms with van der Waals surface area (Å²) in [4.78, 5) is 24.3. The van der Waals surface area contributed by atoms with E-state index in [9.17, 15) is 14.7 Å². The number of amides is 2. The van der Waals surface area contributed by atoms with Gasteiger partial charge in [0, 0.05) is 13.1 Å². The number of rotatable bonds is 6. The minimum atomic E-state index is -1.14. The van der Waals surface area contributed by atoms with Crippen molar-refractivity contribution < 1.29 is 19.8 Å². The Morgan fingerprint density at radius 3 is 2.65 bits per heavy atom. The number of benzene rings is 1. The highest BCUT2D eigenvalue weighted by Gasteiger charge is 2.14. The molecular weight excluding hydrogens is 260 g/mol. The van der Waals surface area contributed by atoms with E-state index < -0.39 is 5.97 Å². The topological polar surface area (TPSA) is 89.9 Å². The highest BCUT2D eigenvalue weighted by Crippen LogP contribution is 2.24. The predicted octanol–water partition coefficient (Wildman–Crippen LogP) is 2.52. The van der Waals surface area contributed by atoms with E-state index in [0.717, 1.165) is 12.5 Å². The molecule has 2 amide bonds. The highest BCUT2D eigenvalue weighted by molar-refractivity contribution is 5.93. The van der Waals surface area contributed by atoms with Crippen molar-refractivity contribution in [3.63, 3.8) is 0 Å². The minimum absolute atomic E-state index is 0.0444. The van der Waals surface area contributed by atoms with Crippen molar-refractivity contribution in [3.8, 4) is 5.75 Å². The van der Waals surface area contributed by atoms with Crippen molar-refractivity contribution in [1.82, 2.24) is 4.90 Å². The van der Waals surface area contributed by atoms with Crippen LogP contribution in [0, 0.1) is 0 Å². The average Bonchev–Trinajstić information content (AvgIpc) is 2.40. The second kappa shape index (κ2) is 7.18. The molecule has 108 valence electrons. The van der Waals surface area contributed by atoms with Gasteiger partial charge in [-0.25, -0.2) is 9.59 Å². The smallest absolute Gasteiger partial charge is 0.335 e. The molecule has 0 bridgehead atoms. The summed E-state index contributed by atoms with van der Waals surface area (Å²) in [5.41, 5.74) is 0.127. The molecule has 1 rings (SSSR count). The second-order valence-electron chi connectivity index (χ2n) is 4.20. The van der Waals surface area contributed by atoms with Crippen molar-refractivity contribution in [2.75, 3.05) is 18.4 Å². The highest BCUT2D eigenvalue weighted by atomic mass is 16.4. The summed E-state index contributed by atoms with van der Waals surface area (Å²) in [5, 5.41) is 21.0. The van der Waals surface area contributed by atoms with Gasteiger partial charge in [0.1, 0.15) is 5.75 Å². The molecule has 6 nitrogen and oxygen atoms in total. The van der Waals surface area contributed by atoms with Gasteiger partial charge in [-0.05, 0) is 24.6 Å². The van der Waals surface area contributed by atoms with Gasteiger partial charge in [-0.1, -0.05) is 13.0 Å². The zero-order valence-electron chi connectivity index (χ0n) is 11.3. The molecule has 0 spiro atoms. The third-order valence-corrected chi connectivity index (χ3v) is 2.62. The van der Waals surface area contributed by atoms with Crippen LogP contribution in [0.3, 0.4) is 0 Å². The van der Waals surface area contributed by atoms with Crippen molar-refractivity contribution >= 4 is 17.7 Å². The first kappa shape index (κ1) is 15.6. The summed E-state index contributed by atoms with van der Waals surface area (Å²) in [7, 11) is 0. The van der Waals surface area contributed by atoms with E-state index in [-0.39, 0.29) is 23.0 Å². The van der Waals surface area contributed by atoms with Gasteiger partial charge < -0.3 is 20.4 Å². The number of aromatic hydroxyl groups is 1. The zero-order valence-corrected chi connectivity index (χ0v) is 11.3. The third kappa shape index (κ3) is 4.01. The summed E-state index contributed by atoms with van der Waals surface area (Å²) in [6, 6.07) is 3.39. The maximum absolute atomic E-state index is 12.0. The number of hydrogen-bond donors (Lipinski definition) is 3. The second-order valence-corrected chi connectivity index (χ2v) is 4.20. The number of carboxylic acids is 1. The molecule has 6 heteroatoms. The average molecular weight is 278 g/mol. The zero-order chi connectivity index (χ0) is 15.1. The van der Waals surface area contributed by atoms with E-state index in [2.05, 4.69) is 11.9 Å². The van der Waals surface area contributed by atoms with Gasteiger partial charge in [0.05, 0.1) is 11.3 Å². The number of hydrogen-bond acceptors (Lipinski definition) is 3. The van der Waals surface area contributed by atoms with Crippen molar-refractivity contribution in [2.24, 2.45) is 0 Å². The Morgan fingerprint density at radius 1 is 1.45 bits per heavy atom. The molecular formula is C14H18N2O4. The molecule has 20 heavy (non-hydrogen) atoms. The predicted molar refractivity (Wildman–Crippen MR) is 76.1 cm³/mol. The van der Waals surface area contributed by atoms with Gasteiger partial charge in [0.15, 0.2) is 0 Å². The van der Waals surface area contributed by atoms with Crippen LogP contribution in [0.2, 0.25) is 0 Å². The molecule has 0 aliphatic heterocycles. The van der Waals surface area contributed by atoms with Crippen LogP contribution < -0.4 is 5.32 Å². The SMILES string of the molecule is C=CCN(CCC)C(=O)Nc1ccc(C(=O)O)cc1O. The van der Waals surface area contributed by atoms with Gasteiger partial charge in [0.2, 0.25) is 0 Å². The number of phenolic OH excluding ortho intramolecular Hbond substituents is 1. The standard InChI is InChI=1S/C14H18N2O4/c1-3-7-16(8-4-2)14(20)15-11-6-5-10(13(18)19)9-12(11)17/h3,5-6,9,17H,1,4,7-8H2,2H3,(H,15,20)(H,18,19). The molecule has 1 aromatic rings. The van der Waals surface area contributed by atoms with Crippen LogP contribution in [0.1, 0.15) is 23.7 Å². The van der Waals surface area contributed by atoms with Gasteiger partial charge in [0.25, 0.3) is 0 Å². The number of carbonyl (C=O) groups excluding carboxylic acids is 1. The van der Waals surface area contributed by atoms with Crippen LogP contribution in [0.5, 0.6) is 5.75 Å². The van der Waals surface area contributed by atoms with Crippen LogP contribution in [-0.2, 0) is 0 Å². The lowest BCUT2D eigenvalue weighted by Crippen LogP contribution is -2.35. The first-order valence-corrected chi connectivity index (χ1v) is 6.22. The Balaban J connectivity index is 2.83. The Kier molecular flexibility index (Phi) is 5.58. The van der Waals surface area contributed by atoms with E-state index in [0.29, 0.717) is 13.1 Å². The lowest BCUT2D eigenvalue weighted by atomic mass is 10.2. The molecule has 0 saturated heterocycles. The fourth-order valence-corrected chi connectivity index (χ4v) is 1.67. The van der Waals surface area contributed by atoms with Gasteiger partial charge >= 0.3 is 12.0 Å². The summed E-state index contributed by atoms with van der Waals surface area (Å²) in [6.07, 6.45) is 2.41. The van der Waals surface area contributed by atoms with Gasteiger partial charge in [-0.3, -0.25) is 0 Å². The Bertz CT molecular complexity index is 514. The van der Waals surface area contributed by atoms with Gasteiger partial charge in [-0.2, -0.15) is 0 Å². The largest absolute Gasteiger partial charge is 0.506 e. The minimum Gasteiger partial charge on any atom is -0.506 e. The van der Waals surface area contributed by atoms with Crippen molar-refractivity contribution in [1.29, 1.82) is 0 Å². The normalized spacial score (nSPS) is 9.85. The molecule has 0 aliphatic carbocycles. The number of aromatic carboxylic acids is 1. The molecule has 0 heterocycles. The molecule has 1 aromatic carbocycles. The van der Waals surface area contributed by atoms with E-state index in [1.165, 1.54) is 17.0 Å². The lowest BCUT2D eigenvalue weighted by Gasteiger charge is -2.21. The Labute approximate surface area is 117 Å². The lowest BCUT2D eigenvalue weighted by molar-refractivity contribution is 0.0696. The van der Waals surface area contributed by atoms with Crippen LogP contribution >= 0.6 is 0 Å². The van der Waals surface area contributed by atoms with Crippen LogP contribution in [0.4, 0.5) is 10.5 Å². The van der Waals surface area contributed by atoms with Crippen molar-refractivity contribution in [2.45, 2.75) is 13.3 Å². The maximum Gasteiger partial charge on any atom is 0.335 e. The number of urea groups is 1. The summed E-state index contributed by atoms with van der Waals surface area (Å²) >= 11 is 0. The molecule has 0 unspecified atom stereocenters. The number of phenols is 1. The van der Waals surface area contributed by atoms with Crippen LogP contribution in [0.15, 0.2) is 30.9 Å². The van der Waals surface area contributed by atoms with Crippen LogP contribution in [-0.4, -0.2) is 40.2 Å². The summed E-state index contributed by atoms with van der Waals surface area (Å²) < 4.78 is 0. The number of anilines is 1. The summed E-state index contributed by atoms with van der Waals surface area (Å²) in [6.45, 7) is 6.49. The van der Waals surface area contributed by atoms with E-state index in [4.69, 9.17) is 5.11 Å². The third-order valence-electron chi connectivity index (χ3n) is 2.62. The fourth-order valence-electron chi connectivity index (χ4n) is 1.67. The molecule has 3 N–H and O–H groups in total. The molecule has 0 fully saturated rings. The summed E-state index contributed by atoms with van der Waals surface area (Å²) in [5.74, 6) is -1.43. The molecule has 0 atom stereocenters. The first-order valence-electron chi connectivity index (χ1n) is 6.22. The van der Waals surface area contributed by atoms with Crippen molar-refractivity contribution in [3.05, 3.63) is 36.4 Å². The van der Waals surface area contributed by atoms with Crippen LogP contribution in [0.25, 0.3) is 0 Å². The molecule has 0 radical (unpaired) electrons. The molecule has 0 aromatic heterocycles. The van der Waals surface area contributed by atoms with E-state index >= 15 is 0 Å². The van der Waals surface area contributed by atoms with E-state index in [1.807, 2.05) is 6.92 Å². The number of nitrogens with one attached hydrogen (secondary N) is 1. The Morgan fingerprint density at radius 2 is 2.15 bits per heavy atom. The Hall–Kier alpha value is -2.50. The molecule has 0 saturated carbocycles.